The molecular weight excluding hydrogens is 290 g/mol. The molecule has 3 N–H and O–H groups in total. The number of benzene rings is 1. The van der Waals surface area contributed by atoms with Gasteiger partial charge in [-0.2, -0.15) is 0 Å². The van der Waals surface area contributed by atoms with E-state index in [0.717, 1.165) is 9.37 Å². The third kappa shape index (κ3) is 2.45. The zero-order chi connectivity index (χ0) is 11.5. The van der Waals surface area contributed by atoms with Crippen LogP contribution in [0.5, 0.6) is 0 Å². The van der Waals surface area contributed by atoms with E-state index in [1.165, 1.54) is 18.0 Å². The van der Waals surface area contributed by atoms with E-state index in [0.29, 0.717) is 10.8 Å². The fraction of sp³-hybridized carbons (Fsp3) is 0. The molecule has 0 saturated carbocycles. The Kier molecular flexibility index (Phi) is 3.31. The van der Waals surface area contributed by atoms with Crippen molar-refractivity contribution in [3.05, 3.63) is 40.7 Å². The summed E-state index contributed by atoms with van der Waals surface area (Å²) in [6.45, 7) is 0. The Morgan fingerprint density at radius 2 is 2.31 bits per heavy atom. The van der Waals surface area contributed by atoms with E-state index in [1.54, 1.807) is 18.3 Å². The molecule has 1 heterocycles. The van der Waals surface area contributed by atoms with Gasteiger partial charge in [0.05, 0.1) is 6.20 Å². The first-order valence-corrected chi connectivity index (χ1v) is 5.99. The lowest BCUT2D eigenvalue weighted by Gasteiger charge is -2.03. The van der Waals surface area contributed by atoms with Crippen molar-refractivity contribution in [1.82, 2.24) is 4.98 Å². The quantitative estimate of drug-likeness (QED) is 0.675. The summed E-state index contributed by atoms with van der Waals surface area (Å²) in [5, 5.41) is 7.90. The maximum atomic E-state index is 7.32. The molecule has 1 aromatic carbocycles. The number of nitrogen functional groups attached to an aromatic ring is 1. The number of oxazole rings is 1. The lowest BCUT2D eigenvalue weighted by atomic mass is 10.2. The van der Waals surface area contributed by atoms with Crippen LogP contribution in [0.3, 0.4) is 0 Å². The Bertz CT molecular complexity index is 513. The second-order valence-electron chi connectivity index (χ2n) is 2.96. The van der Waals surface area contributed by atoms with Crippen molar-refractivity contribution in [2.75, 3.05) is 0 Å². The van der Waals surface area contributed by atoms with Crippen LogP contribution >= 0.6 is 27.7 Å². The summed E-state index contributed by atoms with van der Waals surface area (Å²) in [6.07, 6.45) is 3.13. The van der Waals surface area contributed by atoms with E-state index in [1.807, 2.05) is 6.07 Å². The molecule has 0 saturated heterocycles. The molecule has 0 aliphatic rings. The minimum Gasteiger partial charge on any atom is -0.440 e. The molecule has 0 aliphatic carbocycles. The van der Waals surface area contributed by atoms with Gasteiger partial charge < -0.3 is 10.2 Å². The molecule has 0 aliphatic heterocycles. The van der Waals surface area contributed by atoms with Crippen molar-refractivity contribution in [2.24, 2.45) is 5.73 Å². The van der Waals surface area contributed by atoms with Crippen LogP contribution in [0, 0.1) is 5.41 Å². The monoisotopic (exact) mass is 297 g/mol. The number of nitrogens with zero attached hydrogens (tertiary/aromatic N) is 1. The van der Waals surface area contributed by atoms with Gasteiger partial charge >= 0.3 is 0 Å². The zero-order valence-corrected chi connectivity index (χ0v) is 10.5. The van der Waals surface area contributed by atoms with Gasteiger partial charge in [-0.25, -0.2) is 4.98 Å². The molecule has 0 radical (unpaired) electrons. The van der Waals surface area contributed by atoms with Crippen LogP contribution in [0.15, 0.2) is 49.7 Å². The first-order chi connectivity index (χ1) is 7.66. The van der Waals surface area contributed by atoms with Crippen molar-refractivity contribution in [1.29, 1.82) is 5.41 Å². The number of amidine groups is 1. The Hall–Kier alpha value is -1.27. The standard InChI is InChI=1S/C10H8BrN3OS/c11-7-5-6(9(12)13)1-2-8(7)16-10-14-3-4-15-10/h1-5H,(H3,12,13). The predicted octanol–water partition coefficient (Wildman–Crippen LogP) is 2.87. The number of hydrogen-bond donors (Lipinski definition) is 2. The summed E-state index contributed by atoms with van der Waals surface area (Å²) in [5.74, 6) is 0.0494. The molecule has 2 aromatic rings. The first kappa shape index (κ1) is 11.2. The van der Waals surface area contributed by atoms with E-state index >= 15 is 0 Å². The SMILES string of the molecule is N=C(N)c1ccc(Sc2ncco2)c(Br)c1. The average molecular weight is 298 g/mol. The van der Waals surface area contributed by atoms with Crippen molar-refractivity contribution in [3.63, 3.8) is 0 Å². The van der Waals surface area contributed by atoms with Gasteiger partial charge in [-0.15, -0.1) is 0 Å². The van der Waals surface area contributed by atoms with Gasteiger partial charge in [0.2, 0.25) is 0 Å². The molecule has 82 valence electrons. The maximum Gasteiger partial charge on any atom is 0.260 e. The number of rotatable bonds is 3. The van der Waals surface area contributed by atoms with Gasteiger partial charge in [0.1, 0.15) is 12.1 Å². The third-order valence-corrected chi connectivity index (χ3v) is 3.72. The van der Waals surface area contributed by atoms with Crippen LogP contribution in [-0.4, -0.2) is 10.8 Å². The second-order valence-corrected chi connectivity index (χ2v) is 4.81. The van der Waals surface area contributed by atoms with Crippen LogP contribution in [0.4, 0.5) is 0 Å². The van der Waals surface area contributed by atoms with Gasteiger partial charge in [-0.05, 0) is 39.8 Å². The minimum absolute atomic E-state index is 0.0494. The number of hydrogen-bond acceptors (Lipinski definition) is 4. The van der Waals surface area contributed by atoms with E-state index in [9.17, 15) is 0 Å². The van der Waals surface area contributed by atoms with E-state index < -0.39 is 0 Å². The maximum absolute atomic E-state index is 7.32. The Morgan fingerprint density at radius 3 is 2.88 bits per heavy atom. The number of aromatic nitrogens is 1. The summed E-state index contributed by atoms with van der Waals surface area (Å²) in [6, 6.07) is 5.46. The Labute approximate surface area is 105 Å². The summed E-state index contributed by atoms with van der Waals surface area (Å²) in [5.41, 5.74) is 6.08. The molecule has 0 unspecified atom stereocenters. The van der Waals surface area contributed by atoms with Crippen LogP contribution in [0.25, 0.3) is 0 Å². The Morgan fingerprint density at radius 1 is 1.50 bits per heavy atom. The van der Waals surface area contributed by atoms with E-state index in [2.05, 4.69) is 20.9 Å². The fourth-order valence-electron chi connectivity index (χ4n) is 1.11. The highest BCUT2D eigenvalue weighted by Gasteiger charge is 2.07. The Balaban J connectivity index is 2.26. The number of halogens is 1. The van der Waals surface area contributed by atoms with Gasteiger partial charge in [-0.3, -0.25) is 5.41 Å². The fourth-order valence-corrected chi connectivity index (χ4v) is 2.43. The second kappa shape index (κ2) is 4.71. The molecule has 1 aromatic heterocycles. The largest absolute Gasteiger partial charge is 0.440 e. The van der Waals surface area contributed by atoms with Gasteiger partial charge in [0.15, 0.2) is 0 Å². The summed E-state index contributed by atoms with van der Waals surface area (Å²) >= 11 is 4.82. The highest BCUT2D eigenvalue weighted by atomic mass is 79.9. The first-order valence-electron chi connectivity index (χ1n) is 4.38. The van der Waals surface area contributed by atoms with Gasteiger partial charge in [-0.1, -0.05) is 6.07 Å². The lowest BCUT2D eigenvalue weighted by molar-refractivity contribution is 0.454. The third-order valence-electron chi connectivity index (χ3n) is 1.85. The zero-order valence-electron chi connectivity index (χ0n) is 8.11. The van der Waals surface area contributed by atoms with E-state index in [-0.39, 0.29) is 5.84 Å². The molecule has 0 amide bonds. The van der Waals surface area contributed by atoms with Gasteiger partial charge in [0, 0.05) is 14.9 Å². The molecule has 6 heteroatoms. The normalized spacial score (nSPS) is 10.3. The molecule has 0 atom stereocenters. The summed E-state index contributed by atoms with van der Waals surface area (Å²) in [7, 11) is 0. The molecule has 0 bridgehead atoms. The van der Waals surface area contributed by atoms with Crippen molar-refractivity contribution in [2.45, 2.75) is 10.1 Å². The van der Waals surface area contributed by atoms with Gasteiger partial charge in [0.25, 0.3) is 5.22 Å². The topological polar surface area (TPSA) is 75.9 Å². The number of nitrogens with two attached hydrogens (primary N) is 1. The summed E-state index contributed by atoms with van der Waals surface area (Å²) in [4.78, 5) is 4.98. The molecule has 4 nitrogen and oxygen atoms in total. The highest BCUT2D eigenvalue weighted by Crippen LogP contribution is 2.32. The molecule has 0 fully saturated rings. The highest BCUT2D eigenvalue weighted by molar-refractivity contribution is 9.10. The molecule has 16 heavy (non-hydrogen) atoms. The number of nitrogens with one attached hydrogen (secondary N) is 1. The molecular formula is C10H8BrN3OS. The van der Waals surface area contributed by atoms with Crippen molar-refractivity contribution >= 4 is 33.5 Å². The van der Waals surface area contributed by atoms with E-state index in [4.69, 9.17) is 15.6 Å². The predicted molar refractivity (Wildman–Crippen MR) is 65.8 cm³/mol. The molecule has 2 rings (SSSR count). The van der Waals surface area contributed by atoms with Crippen LogP contribution < -0.4 is 5.73 Å². The minimum atomic E-state index is 0.0494. The molecule has 0 spiro atoms. The van der Waals surface area contributed by atoms with Crippen molar-refractivity contribution in [3.8, 4) is 0 Å². The smallest absolute Gasteiger partial charge is 0.260 e. The van der Waals surface area contributed by atoms with Crippen LogP contribution in [0.2, 0.25) is 0 Å². The van der Waals surface area contributed by atoms with Crippen LogP contribution in [0.1, 0.15) is 5.56 Å². The van der Waals surface area contributed by atoms with Crippen molar-refractivity contribution < 1.29 is 4.42 Å². The van der Waals surface area contributed by atoms with Crippen LogP contribution in [-0.2, 0) is 0 Å². The summed E-state index contributed by atoms with van der Waals surface area (Å²) < 4.78 is 6.00. The average Bonchev–Trinajstić information content (AvgIpc) is 2.73. The lowest BCUT2D eigenvalue weighted by Crippen LogP contribution is -2.10.